The lowest BCUT2D eigenvalue weighted by Gasteiger charge is -2.19. The third-order valence-electron chi connectivity index (χ3n) is 4.03. The fraction of sp³-hybridized carbons (Fsp3) is 0.263. The maximum atomic E-state index is 12.6. The summed E-state index contributed by atoms with van der Waals surface area (Å²) >= 11 is 0. The third-order valence-corrected chi connectivity index (χ3v) is 4.03. The fourth-order valence-electron chi connectivity index (χ4n) is 2.55. The number of halogens is 3. The predicted octanol–water partition coefficient (Wildman–Crippen LogP) is 2.56. The van der Waals surface area contributed by atoms with E-state index in [1.54, 1.807) is 24.3 Å². The minimum absolute atomic E-state index is 0.0908. The van der Waals surface area contributed by atoms with E-state index in [9.17, 15) is 33.0 Å². The highest BCUT2D eigenvalue weighted by atomic mass is 19.4. The maximum Gasteiger partial charge on any atom is 0.416 e. The number of hydrogen-bond acceptors (Lipinski definition) is 4. The molecule has 2 aromatic carbocycles. The standard InChI is InChI=1S/C19H18F3NO5/c1-28-15-5-3-2-4-12(15)10-14(18(26)27)23-17(25)16(24)11-6-8-13(9-7-11)19(20,21)22/h2-9,14,16,24H,10H2,1H3,(H,23,25)(H,26,27)/t14-,16-/m1/s1. The molecule has 0 aliphatic heterocycles. The van der Waals surface area contributed by atoms with E-state index in [-0.39, 0.29) is 12.0 Å². The van der Waals surface area contributed by atoms with Gasteiger partial charge in [-0.25, -0.2) is 4.79 Å². The molecule has 9 heteroatoms. The molecule has 2 atom stereocenters. The molecule has 0 saturated heterocycles. The predicted molar refractivity (Wildman–Crippen MR) is 92.7 cm³/mol. The number of nitrogens with one attached hydrogen (secondary N) is 1. The number of methoxy groups -OCH3 is 1. The van der Waals surface area contributed by atoms with E-state index in [4.69, 9.17) is 4.74 Å². The molecule has 3 N–H and O–H groups in total. The quantitative estimate of drug-likeness (QED) is 0.668. The molecule has 0 aromatic heterocycles. The molecule has 0 bridgehead atoms. The van der Waals surface area contributed by atoms with Crippen molar-refractivity contribution in [3.63, 3.8) is 0 Å². The van der Waals surface area contributed by atoms with E-state index in [2.05, 4.69) is 5.32 Å². The van der Waals surface area contributed by atoms with Crippen LogP contribution in [-0.2, 0) is 22.2 Å². The fourth-order valence-corrected chi connectivity index (χ4v) is 2.55. The number of hydrogen-bond donors (Lipinski definition) is 3. The van der Waals surface area contributed by atoms with Gasteiger partial charge in [-0.2, -0.15) is 13.2 Å². The summed E-state index contributed by atoms with van der Waals surface area (Å²) in [5, 5.41) is 21.6. The second kappa shape index (κ2) is 8.75. The van der Waals surface area contributed by atoms with Crippen LogP contribution < -0.4 is 10.1 Å². The second-order valence-corrected chi connectivity index (χ2v) is 5.94. The Morgan fingerprint density at radius 3 is 2.25 bits per heavy atom. The molecule has 0 radical (unpaired) electrons. The molecule has 2 rings (SSSR count). The Bertz CT molecular complexity index is 836. The van der Waals surface area contributed by atoms with Crippen LogP contribution in [0.4, 0.5) is 13.2 Å². The SMILES string of the molecule is COc1ccccc1C[C@@H](NC(=O)[C@H](O)c1ccc(C(F)(F)F)cc1)C(=O)O. The molecule has 28 heavy (non-hydrogen) atoms. The van der Waals surface area contributed by atoms with E-state index in [0.29, 0.717) is 11.3 Å². The molecule has 0 heterocycles. The summed E-state index contributed by atoms with van der Waals surface area (Å²) in [5.74, 6) is -1.94. The smallest absolute Gasteiger partial charge is 0.416 e. The molecule has 0 spiro atoms. The number of amides is 1. The Hall–Kier alpha value is -3.07. The Kier molecular flexibility index (Phi) is 6.63. The van der Waals surface area contributed by atoms with Crippen LogP contribution in [-0.4, -0.2) is 35.2 Å². The van der Waals surface area contributed by atoms with Crippen molar-refractivity contribution in [1.82, 2.24) is 5.32 Å². The molecule has 2 aromatic rings. The zero-order valence-corrected chi connectivity index (χ0v) is 14.7. The van der Waals surface area contributed by atoms with Crippen molar-refractivity contribution in [3.05, 3.63) is 65.2 Å². The van der Waals surface area contributed by atoms with E-state index < -0.39 is 35.8 Å². The first-order valence-electron chi connectivity index (χ1n) is 8.13. The van der Waals surface area contributed by atoms with Crippen LogP contribution in [0.1, 0.15) is 22.8 Å². The van der Waals surface area contributed by atoms with Gasteiger partial charge >= 0.3 is 12.1 Å². The largest absolute Gasteiger partial charge is 0.496 e. The van der Waals surface area contributed by atoms with Gasteiger partial charge in [-0.05, 0) is 29.3 Å². The number of rotatable bonds is 7. The van der Waals surface area contributed by atoms with Crippen LogP contribution in [0.25, 0.3) is 0 Å². The minimum Gasteiger partial charge on any atom is -0.496 e. The van der Waals surface area contributed by atoms with Gasteiger partial charge in [0, 0.05) is 6.42 Å². The number of para-hydroxylation sites is 1. The van der Waals surface area contributed by atoms with Crippen molar-refractivity contribution in [2.45, 2.75) is 24.7 Å². The number of aliphatic hydroxyl groups is 1. The number of ether oxygens (including phenoxy) is 1. The van der Waals surface area contributed by atoms with Gasteiger partial charge in [-0.1, -0.05) is 30.3 Å². The Morgan fingerprint density at radius 2 is 1.71 bits per heavy atom. The summed E-state index contributed by atoms with van der Waals surface area (Å²) in [6.45, 7) is 0. The van der Waals surface area contributed by atoms with Gasteiger partial charge in [0.05, 0.1) is 12.7 Å². The van der Waals surface area contributed by atoms with Crippen LogP contribution in [0.5, 0.6) is 5.75 Å². The molecule has 0 unspecified atom stereocenters. The molecule has 1 amide bonds. The molecule has 0 saturated carbocycles. The summed E-state index contributed by atoms with van der Waals surface area (Å²) < 4.78 is 42.9. The summed E-state index contributed by atoms with van der Waals surface area (Å²) in [4.78, 5) is 23.7. The van der Waals surface area contributed by atoms with Crippen LogP contribution in [0.2, 0.25) is 0 Å². The first-order valence-corrected chi connectivity index (χ1v) is 8.13. The zero-order chi connectivity index (χ0) is 20.9. The van der Waals surface area contributed by atoms with Crippen molar-refractivity contribution >= 4 is 11.9 Å². The number of alkyl halides is 3. The maximum absolute atomic E-state index is 12.6. The van der Waals surface area contributed by atoms with Crippen molar-refractivity contribution in [2.75, 3.05) is 7.11 Å². The average Bonchev–Trinajstić information content (AvgIpc) is 2.66. The molecule has 150 valence electrons. The van der Waals surface area contributed by atoms with Gasteiger partial charge in [0.15, 0.2) is 6.10 Å². The lowest BCUT2D eigenvalue weighted by Crippen LogP contribution is -2.44. The van der Waals surface area contributed by atoms with Gasteiger partial charge in [-0.15, -0.1) is 0 Å². The normalized spacial score (nSPS) is 13.5. The Balaban J connectivity index is 2.12. The number of benzene rings is 2. The Morgan fingerprint density at radius 1 is 1.11 bits per heavy atom. The van der Waals surface area contributed by atoms with Crippen LogP contribution >= 0.6 is 0 Å². The number of carboxylic acids is 1. The molecule has 0 aliphatic rings. The van der Waals surface area contributed by atoms with Gasteiger partial charge in [0.2, 0.25) is 0 Å². The molecule has 0 fully saturated rings. The Labute approximate surface area is 158 Å². The zero-order valence-electron chi connectivity index (χ0n) is 14.7. The number of aliphatic hydroxyl groups excluding tert-OH is 1. The van der Waals surface area contributed by atoms with Gasteiger partial charge in [0.25, 0.3) is 5.91 Å². The van der Waals surface area contributed by atoms with Crippen molar-refractivity contribution in [3.8, 4) is 5.75 Å². The number of carbonyl (C=O) groups is 2. The monoisotopic (exact) mass is 397 g/mol. The van der Waals surface area contributed by atoms with E-state index >= 15 is 0 Å². The number of aliphatic carboxylic acids is 1. The van der Waals surface area contributed by atoms with Crippen molar-refractivity contribution in [2.24, 2.45) is 0 Å². The number of carboxylic acid groups (broad SMARTS) is 1. The minimum atomic E-state index is -4.55. The van der Waals surface area contributed by atoms with E-state index in [0.717, 1.165) is 24.3 Å². The summed E-state index contributed by atoms with van der Waals surface area (Å²) in [6, 6.07) is 8.66. The second-order valence-electron chi connectivity index (χ2n) is 5.94. The summed E-state index contributed by atoms with van der Waals surface area (Å²) in [6.07, 6.45) is -6.47. The molecule has 6 nitrogen and oxygen atoms in total. The number of carbonyl (C=O) groups excluding carboxylic acids is 1. The topological polar surface area (TPSA) is 95.9 Å². The highest BCUT2D eigenvalue weighted by molar-refractivity contribution is 5.87. The summed E-state index contributed by atoms with van der Waals surface area (Å²) in [5.41, 5.74) is -0.489. The van der Waals surface area contributed by atoms with Gasteiger partial charge < -0.3 is 20.3 Å². The molecule has 0 aliphatic carbocycles. The first kappa shape index (κ1) is 21.2. The highest BCUT2D eigenvalue weighted by Crippen LogP contribution is 2.30. The third kappa shape index (κ3) is 5.23. The van der Waals surface area contributed by atoms with Crippen LogP contribution in [0.15, 0.2) is 48.5 Å². The molecular formula is C19H18F3NO5. The van der Waals surface area contributed by atoms with Crippen LogP contribution in [0.3, 0.4) is 0 Å². The molecular weight excluding hydrogens is 379 g/mol. The van der Waals surface area contributed by atoms with Gasteiger partial charge in [-0.3, -0.25) is 4.79 Å². The summed E-state index contributed by atoms with van der Waals surface area (Å²) in [7, 11) is 1.42. The lowest BCUT2D eigenvalue weighted by atomic mass is 10.0. The van der Waals surface area contributed by atoms with Gasteiger partial charge in [0.1, 0.15) is 11.8 Å². The van der Waals surface area contributed by atoms with Crippen molar-refractivity contribution in [1.29, 1.82) is 0 Å². The average molecular weight is 397 g/mol. The van der Waals surface area contributed by atoms with E-state index in [1.807, 2.05) is 0 Å². The van der Waals surface area contributed by atoms with E-state index in [1.165, 1.54) is 7.11 Å². The van der Waals surface area contributed by atoms with Crippen molar-refractivity contribution < 1.29 is 37.7 Å². The first-order chi connectivity index (χ1) is 13.1. The van der Waals surface area contributed by atoms with Crippen LogP contribution in [0, 0.1) is 0 Å². The highest BCUT2D eigenvalue weighted by Gasteiger charge is 2.31. The lowest BCUT2D eigenvalue weighted by molar-refractivity contribution is -0.143.